The van der Waals surface area contributed by atoms with Crippen LogP contribution in [0.15, 0.2) is 12.1 Å². The van der Waals surface area contributed by atoms with E-state index >= 15 is 0 Å². The Kier molecular flexibility index (Phi) is 4.60. The minimum absolute atomic E-state index is 0.325. The number of hydrogen-bond donors (Lipinski definition) is 1. The number of carbonyl (C=O) groups excluding carboxylic acids is 2. The van der Waals surface area contributed by atoms with E-state index in [1.54, 1.807) is 23.9 Å². The summed E-state index contributed by atoms with van der Waals surface area (Å²) in [5.41, 5.74) is 1.73. The SMILES string of the molecule is CSCCC(C)N(C)c1cc2c(cc1Cl)C(=O)C(=O)N2. The quantitative estimate of drug-likeness (QED) is 0.849. The van der Waals surface area contributed by atoms with Gasteiger partial charge in [-0.2, -0.15) is 11.8 Å². The summed E-state index contributed by atoms with van der Waals surface area (Å²) in [6, 6.07) is 3.67. The number of nitrogens with zero attached hydrogens (tertiary/aromatic N) is 1. The molecule has 0 aromatic heterocycles. The van der Waals surface area contributed by atoms with Crippen LogP contribution in [-0.4, -0.2) is 36.8 Å². The van der Waals surface area contributed by atoms with Gasteiger partial charge in [-0.15, -0.1) is 0 Å². The Balaban J connectivity index is 2.28. The lowest BCUT2D eigenvalue weighted by Gasteiger charge is -2.28. The minimum atomic E-state index is -0.591. The summed E-state index contributed by atoms with van der Waals surface area (Å²) in [6.45, 7) is 2.13. The molecule has 1 heterocycles. The molecule has 4 nitrogen and oxygen atoms in total. The van der Waals surface area contributed by atoms with E-state index in [1.165, 1.54) is 0 Å². The maximum absolute atomic E-state index is 11.6. The van der Waals surface area contributed by atoms with Crippen LogP contribution < -0.4 is 10.2 Å². The third-order valence-electron chi connectivity index (χ3n) is 3.57. The van der Waals surface area contributed by atoms with E-state index in [4.69, 9.17) is 11.6 Å². The number of nitrogens with one attached hydrogen (secondary N) is 1. The fourth-order valence-electron chi connectivity index (χ4n) is 2.14. The summed E-state index contributed by atoms with van der Waals surface area (Å²) >= 11 is 8.06. The second-order valence-electron chi connectivity index (χ2n) is 4.87. The second-order valence-corrected chi connectivity index (χ2v) is 6.27. The minimum Gasteiger partial charge on any atom is -0.371 e. The number of Topliss-reactive ketones (excluding diaryl/α,β-unsaturated/α-hetero) is 1. The normalized spacial score (nSPS) is 15.0. The molecule has 0 radical (unpaired) electrons. The molecule has 1 aliphatic heterocycles. The fraction of sp³-hybridized carbons (Fsp3) is 0.429. The predicted octanol–water partition coefficient (Wildman–Crippen LogP) is 3.05. The van der Waals surface area contributed by atoms with Crippen molar-refractivity contribution in [3.8, 4) is 0 Å². The highest BCUT2D eigenvalue weighted by Crippen LogP contribution is 2.35. The molecule has 1 unspecified atom stereocenters. The summed E-state index contributed by atoms with van der Waals surface area (Å²) in [5, 5.41) is 3.07. The van der Waals surface area contributed by atoms with E-state index in [1.807, 2.05) is 7.05 Å². The first-order valence-corrected chi connectivity index (χ1v) is 8.14. The van der Waals surface area contributed by atoms with Crippen LogP contribution in [0, 0.1) is 0 Å². The number of fused-ring (bicyclic) bond motifs is 1. The molecule has 1 aliphatic rings. The van der Waals surface area contributed by atoms with Gasteiger partial charge in [0.25, 0.3) is 11.7 Å². The number of carbonyl (C=O) groups is 2. The number of thioether (sulfide) groups is 1. The highest BCUT2D eigenvalue weighted by atomic mass is 35.5. The molecule has 1 N–H and O–H groups in total. The maximum atomic E-state index is 11.6. The summed E-state index contributed by atoms with van der Waals surface area (Å²) in [4.78, 5) is 25.1. The third-order valence-corrected chi connectivity index (χ3v) is 4.51. The predicted molar refractivity (Wildman–Crippen MR) is 85.3 cm³/mol. The van der Waals surface area contributed by atoms with Crippen molar-refractivity contribution in [1.82, 2.24) is 0 Å². The van der Waals surface area contributed by atoms with Gasteiger partial charge >= 0.3 is 0 Å². The van der Waals surface area contributed by atoms with Gasteiger partial charge in [0.1, 0.15) is 0 Å². The van der Waals surface area contributed by atoms with E-state index in [2.05, 4.69) is 23.4 Å². The van der Waals surface area contributed by atoms with Crippen molar-refractivity contribution < 1.29 is 9.59 Å². The van der Waals surface area contributed by atoms with Gasteiger partial charge < -0.3 is 10.2 Å². The van der Waals surface area contributed by atoms with E-state index < -0.39 is 11.7 Å². The number of anilines is 2. The Morgan fingerprint density at radius 2 is 2.10 bits per heavy atom. The summed E-state index contributed by atoms with van der Waals surface area (Å²) in [6.07, 6.45) is 3.12. The average Bonchev–Trinajstić information content (AvgIpc) is 2.70. The largest absolute Gasteiger partial charge is 0.371 e. The molecule has 6 heteroatoms. The van der Waals surface area contributed by atoms with Crippen LogP contribution >= 0.6 is 23.4 Å². The third kappa shape index (κ3) is 2.79. The van der Waals surface area contributed by atoms with Gasteiger partial charge in [0.05, 0.1) is 22.0 Å². The monoisotopic (exact) mass is 312 g/mol. The van der Waals surface area contributed by atoms with Crippen molar-refractivity contribution in [1.29, 1.82) is 0 Å². The Morgan fingerprint density at radius 1 is 1.40 bits per heavy atom. The molecule has 1 atom stereocenters. The van der Waals surface area contributed by atoms with Gasteiger partial charge in [0.15, 0.2) is 0 Å². The van der Waals surface area contributed by atoms with Gasteiger partial charge in [0, 0.05) is 13.1 Å². The molecule has 108 valence electrons. The molecular formula is C14H17ClN2O2S. The van der Waals surface area contributed by atoms with E-state index in [-0.39, 0.29) is 0 Å². The Bertz CT molecular complexity index is 562. The van der Waals surface area contributed by atoms with E-state index in [9.17, 15) is 9.59 Å². The second kappa shape index (κ2) is 6.06. The Morgan fingerprint density at radius 3 is 2.75 bits per heavy atom. The van der Waals surface area contributed by atoms with Crippen molar-refractivity contribution in [2.24, 2.45) is 0 Å². The molecule has 20 heavy (non-hydrogen) atoms. The molecule has 2 rings (SSSR count). The lowest BCUT2D eigenvalue weighted by Crippen LogP contribution is -2.29. The van der Waals surface area contributed by atoms with Crippen LogP contribution in [0.2, 0.25) is 5.02 Å². The zero-order chi connectivity index (χ0) is 14.9. The maximum Gasteiger partial charge on any atom is 0.296 e. The molecule has 0 aliphatic carbocycles. The van der Waals surface area contributed by atoms with Crippen LogP contribution in [0.1, 0.15) is 23.7 Å². The number of amides is 1. The summed E-state index contributed by atoms with van der Waals surface area (Å²) < 4.78 is 0. The molecule has 0 bridgehead atoms. The molecule has 0 fully saturated rings. The highest BCUT2D eigenvalue weighted by molar-refractivity contribution is 7.98. The molecular weight excluding hydrogens is 296 g/mol. The van der Waals surface area contributed by atoms with Crippen molar-refractivity contribution >= 4 is 46.4 Å². The van der Waals surface area contributed by atoms with Crippen LogP contribution in [-0.2, 0) is 4.79 Å². The summed E-state index contributed by atoms with van der Waals surface area (Å²) in [5.74, 6) is -0.0404. The smallest absolute Gasteiger partial charge is 0.296 e. The number of halogens is 1. The molecule has 1 amide bonds. The van der Waals surface area contributed by atoms with Crippen molar-refractivity contribution in [3.05, 3.63) is 22.7 Å². The first kappa shape index (κ1) is 15.2. The lowest BCUT2D eigenvalue weighted by molar-refractivity contribution is -0.112. The van der Waals surface area contributed by atoms with Crippen molar-refractivity contribution in [2.45, 2.75) is 19.4 Å². The van der Waals surface area contributed by atoms with E-state index in [0.29, 0.717) is 22.3 Å². The number of hydrogen-bond acceptors (Lipinski definition) is 4. The topological polar surface area (TPSA) is 49.4 Å². The molecule has 1 aromatic carbocycles. The standard InChI is InChI=1S/C14H17ClN2O2S/c1-8(4-5-20-3)17(2)12-7-11-9(6-10(12)15)13(18)14(19)16-11/h6-8H,4-5H2,1-3H3,(H,16,18,19). The van der Waals surface area contributed by atoms with Gasteiger partial charge in [-0.3, -0.25) is 9.59 Å². The van der Waals surface area contributed by atoms with E-state index in [0.717, 1.165) is 17.9 Å². The van der Waals surface area contributed by atoms with Crippen LogP contribution in [0.25, 0.3) is 0 Å². The highest BCUT2D eigenvalue weighted by Gasteiger charge is 2.29. The lowest BCUT2D eigenvalue weighted by atomic mass is 10.1. The van der Waals surface area contributed by atoms with Gasteiger partial charge in [0.2, 0.25) is 0 Å². The number of ketones is 1. The number of benzene rings is 1. The van der Waals surface area contributed by atoms with Crippen LogP contribution in [0.3, 0.4) is 0 Å². The Hall–Kier alpha value is -1.20. The van der Waals surface area contributed by atoms with Crippen LogP contribution in [0.5, 0.6) is 0 Å². The molecule has 1 aromatic rings. The Labute approximate surface area is 127 Å². The average molecular weight is 313 g/mol. The zero-order valence-corrected chi connectivity index (χ0v) is 13.3. The molecule has 0 spiro atoms. The van der Waals surface area contributed by atoms with Crippen LogP contribution in [0.4, 0.5) is 11.4 Å². The first-order chi connectivity index (χ1) is 9.45. The number of rotatable bonds is 5. The van der Waals surface area contributed by atoms with Gasteiger partial charge in [-0.25, -0.2) is 0 Å². The van der Waals surface area contributed by atoms with Gasteiger partial charge in [-0.05, 0) is 37.5 Å². The van der Waals surface area contributed by atoms with Crippen molar-refractivity contribution in [2.75, 3.05) is 29.3 Å². The molecule has 0 saturated heterocycles. The van der Waals surface area contributed by atoms with Gasteiger partial charge in [-0.1, -0.05) is 11.6 Å². The molecule has 0 saturated carbocycles. The van der Waals surface area contributed by atoms with Crippen molar-refractivity contribution in [3.63, 3.8) is 0 Å². The zero-order valence-electron chi connectivity index (χ0n) is 11.7. The fourth-order valence-corrected chi connectivity index (χ4v) is 3.02. The summed E-state index contributed by atoms with van der Waals surface area (Å²) in [7, 11) is 1.97. The first-order valence-electron chi connectivity index (χ1n) is 6.36.